The number of carbonyl (C=O) groups excluding carboxylic acids is 1. The Hall–Kier alpha value is -2.20. The number of hydrogen-bond acceptors (Lipinski definition) is 2. The average molecular weight is 409 g/mol. The fourth-order valence-electron chi connectivity index (χ4n) is 4.88. The van der Waals surface area contributed by atoms with Crippen LogP contribution in [0.4, 0.5) is 4.39 Å². The summed E-state index contributed by atoms with van der Waals surface area (Å²) in [6.07, 6.45) is 7.60. The first kappa shape index (κ1) is 21.0. The third-order valence-electron chi connectivity index (χ3n) is 6.78. The van der Waals surface area contributed by atoms with Gasteiger partial charge in [0.15, 0.2) is 0 Å². The zero-order valence-corrected chi connectivity index (χ0v) is 18.0. The topological polar surface area (TPSA) is 32.3 Å². The van der Waals surface area contributed by atoms with Gasteiger partial charge in [-0.05, 0) is 92.4 Å². The van der Waals surface area contributed by atoms with Gasteiger partial charge in [0, 0.05) is 12.5 Å². The molecule has 1 aliphatic carbocycles. The minimum Gasteiger partial charge on any atom is -0.349 e. The highest BCUT2D eigenvalue weighted by Crippen LogP contribution is 2.27. The largest absolute Gasteiger partial charge is 0.349 e. The molecule has 1 N–H and O–H groups in total. The molecule has 30 heavy (non-hydrogen) atoms. The highest BCUT2D eigenvalue weighted by Gasteiger charge is 2.27. The quantitative estimate of drug-likeness (QED) is 0.714. The molecule has 3 nitrogen and oxygen atoms in total. The molecule has 2 aromatic carbocycles. The van der Waals surface area contributed by atoms with Crippen molar-refractivity contribution in [2.45, 2.75) is 64.5 Å². The summed E-state index contributed by atoms with van der Waals surface area (Å²) >= 11 is 0. The van der Waals surface area contributed by atoms with E-state index in [0.717, 1.165) is 44.5 Å². The first-order valence-electron chi connectivity index (χ1n) is 11.5. The van der Waals surface area contributed by atoms with Crippen molar-refractivity contribution in [3.8, 4) is 0 Å². The van der Waals surface area contributed by atoms with E-state index in [1.54, 1.807) is 0 Å². The van der Waals surface area contributed by atoms with Crippen LogP contribution in [0.2, 0.25) is 0 Å². The number of hydrogen-bond donors (Lipinski definition) is 1. The molecule has 1 aliphatic heterocycles. The molecule has 1 fully saturated rings. The van der Waals surface area contributed by atoms with Gasteiger partial charge in [-0.25, -0.2) is 4.39 Å². The first-order chi connectivity index (χ1) is 14.6. The number of nitrogens with one attached hydrogen (secondary N) is 1. The molecule has 160 valence electrons. The first-order valence-corrected chi connectivity index (χ1v) is 11.5. The van der Waals surface area contributed by atoms with Crippen molar-refractivity contribution in [1.29, 1.82) is 0 Å². The average Bonchev–Trinajstić information content (AvgIpc) is 2.79. The zero-order valence-electron chi connectivity index (χ0n) is 18.0. The van der Waals surface area contributed by atoms with Gasteiger partial charge >= 0.3 is 0 Å². The zero-order chi connectivity index (χ0) is 20.9. The van der Waals surface area contributed by atoms with E-state index in [9.17, 15) is 9.18 Å². The van der Waals surface area contributed by atoms with E-state index in [4.69, 9.17) is 0 Å². The fraction of sp³-hybridized carbons (Fsp3) is 0.500. The van der Waals surface area contributed by atoms with Crippen LogP contribution in [0.3, 0.4) is 0 Å². The number of nitrogens with zero attached hydrogens (tertiary/aromatic N) is 1. The Morgan fingerprint density at radius 1 is 1.07 bits per heavy atom. The molecule has 0 radical (unpaired) electrons. The smallest absolute Gasteiger partial charge is 0.223 e. The lowest BCUT2D eigenvalue weighted by Crippen LogP contribution is -2.41. The molecular formula is C26H33FN2O. The van der Waals surface area contributed by atoms with Crippen LogP contribution in [-0.2, 0) is 24.2 Å². The summed E-state index contributed by atoms with van der Waals surface area (Å²) in [6, 6.07) is 13.6. The molecule has 2 aromatic rings. The van der Waals surface area contributed by atoms with Crippen LogP contribution in [0.5, 0.6) is 0 Å². The van der Waals surface area contributed by atoms with Crippen molar-refractivity contribution in [3.63, 3.8) is 0 Å². The van der Waals surface area contributed by atoms with Crippen LogP contribution in [0, 0.1) is 11.7 Å². The highest BCUT2D eigenvalue weighted by atomic mass is 19.1. The van der Waals surface area contributed by atoms with Gasteiger partial charge in [0.2, 0.25) is 5.91 Å². The summed E-state index contributed by atoms with van der Waals surface area (Å²) in [5, 5.41) is 3.33. The Balaban J connectivity index is 1.30. The Bertz CT molecular complexity index is 856. The standard InChI is InChI=1S/C26H33FN2O/c1-2-25(23-10-9-20-5-3-4-6-22(20)17-23)28-26(30)21-13-15-29(16-14-21)18-19-7-11-24(27)12-8-19/h7-12,17,21,25H,2-6,13-16,18H2,1H3,(H,28,30)/t25-/m0/s1. The number of benzene rings is 2. The monoisotopic (exact) mass is 408 g/mol. The molecule has 2 aliphatic rings. The molecule has 0 saturated carbocycles. The maximum Gasteiger partial charge on any atom is 0.223 e. The number of halogens is 1. The van der Waals surface area contributed by atoms with Gasteiger partial charge in [-0.1, -0.05) is 37.3 Å². The van der Waals surface area contributed by atoms with Crippen LogP contribution in [-0.4, -0.2) is 23.9 Å². The van der Waals surface area contributed by atoms with E-state index in [1.165, 1.54) is 54.5 Å². The van der Waals surface area contributed by atoms with Crippen molar-refractivity contribution in [2.75, 3.05) is 13.1 Å². The van der Waals surface area contributed by atoms with Crippen molar-refractivity contribution in [3.05, 3.63) is 70.5 Å². The minimum atomic E-state index is -0.196. The van der Waals surface area contributed by atoms with Crippen LogP contribution in [0.25, 0.3) is 0 Å². The third-order valence-corrected chi connectivity index (χ3v) is 6.78. The molecule has 0 spiro atoms. The van der Waals surface area contributed by atoms with Crippen molar-refractivity contribution >= 4 is 5.91 Å². The number of amides is 1. The second kappa shape index (κ2) is 9.74. The molecule has 0 unspecified atom stereocenters. The van der Waals surface area contributed by atoms with Crippen molar-refractivity contribution in [2.24, 2.45) is 5.92 Å². The summed E-state index contributed by atoms with van der Waals surface area (Å²) in [6.45, 7) is 4.78. The van der Waals surface area contributed by atoms with Gasteiger partial charge in [-0.15, -0.1) is 0 Å². The molecule has 1 amide bonds. The van der Waals surface area contributed by atoms with E-state index in [0.29, 0.717) is 0 Å². The Kier molecular flexibility index (Phi) is 6.83. The van der Waals surface area contributed by atoms with E-state index in [1.807, 2.05) is 12.1 Å². The highest BCUT2D eigenvalue weighted by molar-refractivity contribution is 5.79. The van der Waals surface area contributed by atoms with Gasteiger partial charge in [-0.3, -0.25) is 9.69 Å². The second-order valence-corrected chi connectivity index (χ2v) is 8.88. The number of fused-ring (bicyclic) bond motifs is 1. The minimum absolute atomic E-state index is 0.0844. The normalized spacial score (nSPS) is 18.6. The molecule has 0 aromatic heterocycles. The Morgan fingerprint density at radius 2 is 1.77 bits per heavy atom. The van der Waals surface area contributed by atoms with Crippen molar-refractivity contribution in [1.82, 2.24) is 10.2 Å². The lowest BCUT2D eigenvalue weighted by molar-refractivity contribution is -0.127. The van der Waals surface area contributed by atoms with Crippen LogP contribution in [0.15, 0.2) is 42.5 Å². The molecular weight excluding hydrogens is 375 g/mol. The summed E-state index contributed by atoms with van der Waals surface area (Å²) in [5.41, 5.74) is 5.33. The maximum atomic E-state index is 13.1. The number of piperidine rings is 1. The van der Waals surface area contributed by atoms with E-state index in [-0.39, 0.29) is 23.7 Å². The number of likely N-dealkylation sites (tertiary alicyclic amines) is 1. The van der Waals surface area contributed by atoms with E-state index >= 15 is 0 Å². The predicted octanol–water partition coefficient (Wildman–Crippen LogP) is 5.18. The third kappa shape index (κ3) is 5.10. The lowest BCUT2D eigenvalue weighted by Gasteiger charge is -2.32. The SMILES string of the molecule is CC[C@H](NC(=O)C1CCN(Cc2ccc(F)cc2)CC1)c1ccc2c(c1)CCCC2. The summed E-state index contributed by atoms with van der Waals surface area (Å²) < 4.78 is 13.1. The lowest BCUT2D eigenvalue weighted by atomic mass is 9.88. The van der Waals surface area contributed by atoms with Gasteiger partial charge in [0.05, 0.1) is 6.04 Å². The second-order valence-electron chi connectivity index (χ2n) is 8.88. The molecule has 0 bridgehead atoms. The molecule has 4 rings (SSSR count). The Labute approximate surface area is 179 Å². The van der Waals surface area contributed by atoms with Crippen LogP contribution >= 0.6 is 0 Å². The van der Waals surface area contributed by atoms with Gasteiger partial charge in [0.25, 0.3) is 0 Å². The van der Waals surface area contributed by atoms with Crippen LogP contribution in [0.1, 0.15) is 67.3 Å². The maximum absolute atomic E-state index is 13.1. The number of rotatable bonds is 6. The molecule has 4 heteroatoms. The summed E-state index contributed by atoms with van der Waals surface area (Å²) in [5.74, 6) is 0.0840. The number of aryl methyl sites for hydroxylation is 2. The van der Waals surface area contributed by atoms with Crippen molar-refractivity contribution < 1.29 is 9.18 Å². The molecule has 1 atom stereocenters. The van der Waals surface area contributed by atoms with Gasteiger partial charge in [0.1, 0.15) is 5.82 Å². The van der Waals surface area contributed by atoms with E-state index in [2.05, 4.69) is 35.3 Å². The van der Waals surface area contributed by atoms with Crippen LogP contribution < -0.4 is 5.32 Å². The molecule has 1 heterocycles. The number of carbonyl (C=O) groups is 1. The van der Waals surface area contributed by atoms with Gasteiger partial charge < -0.3 is 5.32 Å². The van der Waals surface area contributed by atoms with Gasteiger partial charge in [-0.2, -0.15) is 0 Å². The Morgan fingerprint density at radius 3 is 2.47 bits per heavy atom. The molecule has 1 saturated heterocycles. The van der Waals surface area contributed by atoms with E-state index < -0.39 is 0 Å². The fourth-order valence-corrected chi connectivity index (χ4v) is 4.88. The summed E-state index contributed by atoms with van der Waals surface area (Å²) in [7, 11) is 0. The predicted molar refractivity (Wildman–Crippen MR) is 119 cm³/mol. The summed E-state index contributed by atoms with van der Waals surface area (Å²) in [4.78, 5) is 15.3.